The molecular formula is C15H16BrFN2S. The van der Waals surface area contributed by atoms with Gasteiger partial charge in [0.25, 0.3) is 0 Å². The molecule has 1 aliphatic carbocycles. The van der Waals surface area contributed by atoms with Gasteiger partial charge in [-0.05, 0) is 31.0 Å². The molecule has 0 atom stereocenters. The molecule has 1 heterocycles. The van der Waals surface area contributed by atoms with Gasteiger partial charge in [-0.3, -0.25) is 0 Å². The maximum atomic E-state index is 14.0. The molecule has 106 valence electrons. The van der Waals surface area contributed by atoms with Gasteiger partial charge in [-0.2, -0.15) is 0 Å². The van der Waals surface area contributed by atoms with E-state index in [0.29, 0.717) is 11.3 Å². The van der Waals surface area contributed by atoms with E-state index in [9.17, 15) is 4.39 Å². The summed E-state index contributed by atoms with van der Waals surface area (Å²) in [5, 5.41) is 2.85. The Labute approximate surface area is 130 Å². The number of nitrogens with two attached hydrogens (primary N) is 1. The topological polar surface area (TPSA) is 38.9 Å². The van der Waals surface area contributed by atoms with Crippen LogP contribution in [0.15, 0.2) is 28.1 Å². The van der Waals surface area contributed by atoms with E-state index in [2.05, 4.69) is 20.9 Å². The number of hydrogen-bond donors (Lipinski definition) is 1. The SMILES string of the molecule is NC1(c2nc(-c3ccc(Br)cc3F)cs2)CCCCC1. The minimum absolute atomic E-state index is 0.258. The van der Waals surface area contributed by atoms with Gasteiger partial charge in [-0.25, -0.2) is 9.37 Å². The van der Waals surface area contributed by atoms with Crippen LogP contribution in [0.5, 0.6) is 0 Å². The van der Waals surface area contributed by atoms with Crippen LogP contribution in [0.25, 0.3) is 11.3 Å². The highest BCUT2D eigenvalue weighted by Crippen LogP contribution is 2.38. The first-order valence-electron chi connectivity index (χ1n) is 6.79. The summed E-state index contributed by atoms with van der Waals surface area (Å²) in [5.74, 6) is -0.258. The van der Waals surface area contributed by atoms with E-state index in [1.54, 1.807) is 17.4 Å². The zero-order chi connectivity index (χ0) is 14.2. The molecule has 0 bridgehead atoms. The summed E-state index contributed by atoms with van der Waals surface area (Å²) in [5.41, 5.74) is 7.39. The number of halogens is 2. The van der Waals surface area contributed by atoms with Crippen molar-refractivity contribution >= 4 is 27.3 Å². The van der Waals surface area contributed by atoms with E-state index in [0.717, 1.165) is 35.2 Å². The van der Waals surface area contributed by atoms with Gasteiger partial charge < -0.3 is 5.73 Å². The smallest absolute Gasteiger partial charge is 0.133 e. The summed E-state index contributed by atoms with van der Waals surface area (Å²) in [6.45, 7) is 0. The third kappa shape index (κ3) is 2.67. The number of rotatable bonds is 2. The Morgan fingerprint density at radius 2 is 2.00 bits per heavy atom. The summed E-state index contributed by atoms with van der Waals surface area (Å²) in [6, 6.07) is 5.05. The molecule has 5 heteroatoms. The average Bonchev–Trinajstić information content (AvgIpc) is 2.90. The molecule has 1 fully saturated rings. The van der Waals surface area contributed by atoms with Crippen LogP contribution >= 0.6 is 27.3 Å². The van der Waals surface area contributed by atoms with Gasteiger partial charge in [0.05, 0.1) is 11.2 Å². The second-order valence-electron chi connectivity index (χ2n) is 5.38. The summed E-state index contributed by atoms with van der Waals surface area (Å²) in [7, 11) is 0. The van der Waals surface area contributed by atoms with E-state index >= 15 is 0 Å². The number of benzene rings is 1. The monoisotopic (exact) mass is 354 g/mol. The molecule has 2 nitrogen and oxygen atoms in total. The normalized spacial score (nSPS) is 18.1. The van der Waals surface area contributed by atoms with Gasteiger partial charge in [0, 0.05) is 15.4 Å². The molecule has 0 amide bonds. The molecule has 1 saturated carbocycles. The Morgan fingerprint density at radius 3 is 2.70 bits per heavy atom. The lowest BCUT2D eigenvalue weighted by molar-refractivity contribution is 0.301. The standard InChI is InChI=1S/C15H16BrFN2S/c16-10-4-5-11(12(17)8-10)13-9-20-14(19-13)15(18)6-2-1-3-7-15/h4-5,8-9H,1-3,6-7,18H2. The fraction of sp³-hybridized carbons (Fsp3) is 0.400. The van der Waals surface area contributed by atoms with Crippen LogP contribution in [0.4, 0.5) is 4.39 Å². The molecule has 2 aromatic rings. The predicted molar refractivity (Wildman–Crippen MR) is 84.2 cm³/mol. The highest BCUT2D eigenvalue weighted by molar-refractivity contribution is 9.10. The second kappa shape index (κ2) is 5.54. The van der Waals surface area contributed by atoms with Crippen LogP contribution in [0.3, 0.4) is 0 Å². The lowest BCUT2D eigenvalue weighted by Gasteiger charge is -2.31. The number of hydrogen-bond acceptors (Lipinski definition) is 3. The zero-order valence-corrected chi connectivity index (χ0v) is 13.4. The second-order valence-corrected chi connectivity index (χ2v) is 7.15. The first-order chi connectivity index (χ1) is 9.58. The van der Waals surface area contributed by atoms with Gasteiger partial charge in [0.1, 0.15) is 10.8 Å². The van der Waals surface area contributed by atoms with Crippen LogP contribution in [0, 0.1) is 5.82 Å². The van der Waals surface area contributed by atoms with Crippen molar-refractivity contribution in [1.82, 2.24) is 4.98 Å². The third-order valence-electron chi connectivity index (χ3n) is 3.88. The maximum absolute atomic E-state index is 14.0. The van der Waals surface area contributed by atoms with Crippen LogP contribution in [0.2, 0.25) is 0 Å². The fourth-order valence-electron chi connectivity index (χ4n) is 2.72. The Hall–Kier alpha value is -0.780. The molecule has 20 heavy (non-hydrogen) atoms. The van der Waals surface area contributed by atoms with Crippen LogP contribution in [-0.2, 0) is 5.54 Å². The maximum Gasteiger partial charge on any atom is 0.133 e. The van der Waals surface area contributed by atoms with E-state index in [4.69, 9.17) is 5.73 Å². The molecule has 0 saturated heterocycles. The van der Waals surface area contributed by atoms with Crippen LogP contribution in [0.1, 0.15) is 37.1 Å². The van der Waals surface area contributed by atoms with Gasteiger partial charge in [0.15, 0.2) is 0 Å². The highest BCUT2D eigenvalue weighted by Gasteiger charge is 2.32. The van der Waals surface area contributed by atoms with Crippen molar-refractivity contribution < 1.29 is 4.39 Å². The lowest BCUT2D eigenvalue weighted by atomic mass is 9.83. The Kier molecular flexibility index (Phi) is 3.93. The quantitative estimate of drug-likeness (QED) is 0.838. The Morgan fingerprint density at radius 1 is 1.25 bits per heavy atom. The van der Waals surface area contributed by atoms with Gasteiger partial charge >= 0.3 is 0 Å². The number of thiazole rings is 1. The fourth-order valence-corrected chi connectivity index (χ4v) is 4.05. The summed E-state index contributed by atoms with van der Waals surface area (Å²) in [4.78, 5) is 4.60. The molecule has 1 aromatic heterocycles. The molecular weight excluding hydrogens is 339 g/mol. The van der Waals surface area contributed by atoms with E-state index in [1.165, 1.54) is 12.5 Å². The van der Waals surface area contributed by atoms with Crippen LogP contribution in [-0.4, -0.2) is 4.98 Å². The van der Waals surface area contributed by atoms with Crippen molar-refractivity contribution in [2.75, 3.05) is 0 Å². The Bertz CT molecular complexity index is 620. The van der Waals surface area contributed by atoms with Gasteiger partial charge in [-0.1, -0.05) is 35.2 Å². The van der Waals surface area contributed by atoms with Crippen molar-refractivity contribution in [3.63, 3.8) is 0 Å². The number of aromatic nitrogens is 1. The lowest BCUT2D eigenvalue weighted by Crippen LogP contribution is -2.38. The minimum Gasteiger partial charge on any atom is -0.319 e. The van der Waals surface area contributed by atoms with E-state index in [-0.39, 0.29) is 11.4 Å². The largest absolute Gasteiger partial charge is 0.319 e. The molecule has 0 radical (unpaired) electrons. The van der Waals surface area contributed by atoms with Crippen molar-refractivity contribution in [1.29, 1.82) is 0 Å². The van der Waals surface area contributed by atoms with Crippen molar-refractivity contribution in [2.45, 2.75) is 37.6 Å². The number of nitrogens with zero attached hydrogens (tertiary/aromatic N) is 1. The molecule has 0 aliphatic heterocycles. The molecule has 1 aliphatic rings. The van der Waals surface area contributed by atoms with Crippen molar-refractivity contribution in [3.8, 4) is 11.3 Å². The summed E-state index contributed by atoms with van der Waals surface area (Å²) >= 11 is 4.82. The average molecular weight is 355 g/mol. The zero-order valence-electron chi connectivity index (χ0n) is 11.0. The molecule has 0 unspecified atom stereocenters. The highest BCUT2D eigenvalue weighted by atomic mass is 79.9. The van der Waals surface area contributed by atoms with Gasteiger partial charge in [-0.15, -0.1) is 11.3 Å². The molecule has 3 rings (SSSR count). The van der Waals surface area contributed by atoms with Crippen LogP contribution < -0.4 is 5.73 Å². The first kappa shape index (κ1) is 14.2. The predicted octanol–water partition coefficient (Wildman–Crippen LogP) is 4.83. The Balaban J connectivity index is 1.93. The third-order valence-corrected chi connectivity index (χ3v) is 5.44. The minimum atomic E-state index is -0.312. The van der Waals surface area contributed by atoms with E-state index in [1.807, 2.05) is 11.4 Å². The van der Waals surface area contributed by atoms with Crippen molar-refractivity contribution in [2.24, 2.45) is 5.73 Å². The van der Waals surface area contributed by atoms with Gasteiger partial charge in [0.2, 0.25) is 0 Å². The summed E-state index contributed by atoms with van der Waals surface area (Å²) in [6.07, 6.45) is 5.50. The van der Waals surface area contributed by atoms with E-state index < -0.39 is 0 Å². The molecule has 2 N–H and O–H groups in total. The molecule has 1 aromatic carbocycles. The summed E-state index contributed by atoms with van der Waals surface area (Å²) < 4.78 is 14.7. The van der Waals surface area contributed by atoms with Crippen molar-refractivity contribution in [3.05, 3.63) is 38.9 Å². The molecule has 0 spiro atoms. The first-order valence-corrected chi connectivity index (χ1v) is 8.46.